The molecule has 4 aromatic rings. The number of carbonyl (C=O) groups excluding carboxylic acids is 1. The largest absolute Gasteiger partial charge is 0.497 e. The number of benzene rings is 1. The molecule has 2 aliphatic heterocycles. The van der Waals surface area contributed by atoms with Crippen molar-refractivity contribution in [2.75, 3.05) is 33.4 Å². The van der Waals surface area contributed by atoms with Crippen LogP contribution in [0.25, 0.3) is 15.9 Å². The van der Waals surface area contributed by atoms with Crippen LogP contribution in [0.15, 0.2) is 41.5 Å². The first-order valence-corrected chi connectivity index (χ1v) is 11.6. The first kappa shape index (κ1) is 20.2. The van der Waals surface area contributed by atoms with Gasteiger partial charge < -0.3 is 9.47 Å². The highest BCUT2D eigenvalue weighted by Crippen LogP contribution is 2.30. The van der Waals surface area contributed by atoms with Crippen molar-refractivity contribution < 1.29 is 14.3 Å². The van der Waals surface area contributed by atoms with Gasteiger partial charge in [0.25, 0.3) is 0 Å². The molecule has 6 rings (SSSR count). The minimum Gasteiger partial charge on any atom is -0.497 e. The lowest BCUT2D eigenvalue weighted by molar-refractivity contribution is 0.116. The number of cyclic esters (lactones) is 1. The van der Waals surface area contributed by atoms with Crippen LogP contribution in [0.1, 0.15) is 10.4 Å². The maximum atomic E-state index is 13.2. The zero-order chi connectivity index (χ0) is 22.5. The number of methoxy groups -OCH3 is 1. The number of hydrogen-bond acceptors (Lipinski definition) is 8. The first-order valence-electron chi connectivity index (χ1n) is 10.7. The van der Waals surface area contributed by atoms with Crippen LogP contribution in [-0.4, -0.2) is 74.5 Å². The monoisotopic (exact) mass is 466 g/mol. The number of aromatic nitrogens is 4. The Morgan fingerprint density at radius 2 is 2.03 bits per heavy atom. The van der Waals surface area contributed by atoms with Gasteiger partial charge in [-0.15, -0.1) is 11.3 Å². The summed E-state index contributed by atoms with van der Waals surface area (Å²) in [7, 11) is 1.63. The van der Waals surface area contributed by atoms with Gasteiger partial charge in [-0.2, -0.15) is 9.61 Å². The lowest BCUT2D eigenvalue weighted by Gasteiger charge is -2.35. The predicted octanol–water partition coefficient (Wildman–Crippen LogP) is 1.80. The molecule has 0 bridgehead atoms. The molecule has 2 aliphatic rings. The molecule has 2 fully saturated rings. The van der Waals surface area contributed by atoms with Crippen molar-refractivity contribution in [1.82, 2.24) is 29.0 Å². The SMILES string of the molecule is COc1ccc(Cn2c(=O)n3ncnc3c3cc(CN4CCN5C(=O)OCC5C4)sc32)cc1. The number of rotatable bonds is 5. The van der Waals surface area contributed by atoms with E-state index in [1.165, 1.54) is 10.8 Å². The third kappa shape index (κ3) is 3.44. The van der Waals surface area contributed by atoms with E-state index < -0.39 is 0 Å². The number of thiophene rings is 1. The number of amides is 1. The van der Waals surface area contributed by atoms with Crippen molar-refractivity contribution >= 4 is 33.3 Å². The molecule has 1 unspecified atom stereocenters. The van der Waals surface area contributed by atoms with Gasteiger partial charge in [-0.25, -0.2) is 14.6 Å². The van der Waals surface area contributed by atoms with Crippen molar-refractivity contribution in [1.29, 1.82) is 0 Å². The maximum Gasteiger partial charge on any atom is 0.410 e. The smallest absolute Gasteiger partial charge is 0.410 e. The summed E-state index contributed by atoms with van der Waals surface area (Å²) >= 11 is 1.61. The zero-order valence-corrected chi connectivity index (χ0v) is 18.8. The maximum absolute atomic E-state index is 13.2. The highest BCUT2D eigenvalue weighted by Gasteiger charge is 2.37. The molecule has 0 aliphatic carbocycles. The van der Waals surface area contributed by atoms with Gasteiger partial charge in [0.05, 0.1) is 25.1 Å². The van der Waals surface area contributed by atoms with Gasteiger partial charge >= 0.3 is 11.8 Å². The summed E-state index contributed by atoms with van der Waals surface area (Å²) < 4.78 is 13.6. The van der Waals surface area contributed by atoms with Crippen LogP contribution < -0.4 is 10.4 Å². The summed E-state index contributed by atoms with van der Waals surface area (Å²) in [5.41, 5.74) is 1.35. The molecular weight excluding hydrogens is 444 g/mol. The van der Waals surface area contributed by atoms with E-state index in [4.69, 9.17) is 9.47 Å². The Labute approximate surface area is 192 Å². The average molecular weight is 467 g/mol. The van der Waals surface area contributed by atoms with Gasteiger partial charge in [0.1, 0.15) is 23.5 Å². The van der Waals surface area contributed by atoms with Crippen molar-refractivity contribution in [3.05, 3.63) is 57.6 Å². The van der Waals surface area contributed by atoms with E-state index in [2.05, 4.69) is 21.0 Å². The predicted molar refractivity (Wildman–Crippen MR) is 122 cm³/mol. The zero-order valence-electron chi connectivity index (χ0n) is 18.0. The fourth-order valence-electron chi connectivity index (χ4n) is 4.61. The van der Waals surface area contributed by atoms with Crippen LogP contribution in [-0.2, 0) is 17.8 Å². The van der Waals surface area contributed by atoms with Crippen LogP contribution in [0.5, 0.6) is 5.75 Å². The summed E-state index contributed by atoms with van der Waals surface area (Å²) in [4.78, 5) is 35.5. The Morgan fingerprint density at radius 3 is 2.85 bits per heavy atom. The van der Waals surface area contributed by atoms with E-state index in [0.29, 0.717) is 25.3 Å². The standard InChI is InChI=1S/C22H22N6O4S/c1-31-16-4-2-14(3-5-16)9-27-20-18(19-23-13-24-28(19)21(27)29)8-17(33-20)11-25-6-7-26-15(10-25)12-32-22(26)30/h2-5,8,13,15H,6-7,9-12H2,1H3. The van der Waals surface area contributed by atoms with E-state index in [0.717, 1.165) is 46.0 Å². The van der Waals surface area contributed by atoms with E-state index in [1.54, 1.807) is 23.0 Å². The fourth-order valence-corrected chi connectivity index (χ4v) is 5.79. The van der Waals surface area contributed by atoms with E-state index >= 15 is 0 Å². The minimum atomic E-state index is -0.213. The van der Waals surface area contributed by atoms with Crippen molar-refractivity contribution in [3.63, 3.8) is 0 Å². The third-order valence-corrected chi connectivity index (χ3v) is 7.43. The molecule has 5 heterocycles. The van der Waals surface area contributed by atoms with Gasteiger partial charge in [-0.3, -0.25) is 14.4 Å². The Balaban J connectivity index is 1.35. The number of fused-ring (bicyclic) bond motifs is 4. The van der Waals surface area contributed by atoms with Crippen molar-refractivity contribution in [2.45, 2.75) is 19.1 Å². The van der Waals surface area contributed by atoms with Crippen LogP contribution in [0.4, 0.5) is 4.79 Å². The van der Waals surface area contributed by atoms with E-state index in [1.807, 2.05) is 29.2 Å². The van der Waals surface area contributed by atoms with E-state index in [-0.39, 0.29) is 17.8 Å². The molecule has 11 heteroatoms. The van der Waals surface area contributed by atoms with Gasteiger partial charge in [0.15, 0.2) is 5.65 Å². The molecule has 0 saturated carbocycles. The summed E-state index contributed by atoms with van der Waals surface area (Å²) in [6.45, 7) is 3.86. The molecule has 1 atom stereocenters. The lowest BCUT2D eigenvalue weighted by atomic mass is 10.2. The highest BCUT2D eigenvalue weighted by molar-refractivity contribution is 7.18. The normalized spacial score (nSPS) is 18.8. The number of carbonyl (C=O) groups is 1. The molecule has 170 valence electrons. The summed E-state index contributed by atoms with van der Waals surface area (Å²) in [6, 6.07) is 9.92. The van der Waals surface area contributed by atoms with Crippen molar-refractivity contribution in [2.24, 2.45) is 0 Å². The van der Waals surface area contributed by atoms with Crippen molar-refractivity contribution in [3.8, 4) is 5.75 Å². The molecule has 33 heavy (non-hydrogen) atoms. The minimum absolute atomic E-state index is 0.108. The van der Waals surface area contributed by atoms with Gasteiger partial charge in [-0.05, 0) is 23.8 Å². The van der Waals surface area contributed by atoms with Crippen LogP contribution in [0.3, 0.4) is 0 Å². The Kier molecular flexibility index (Phi) is 4.80. The van der Waals surface area contributed by atoms with Gasteiger partial charge in [0.2, 0.25) is 0 Å². The summed E-state index contributed by atoms with van der Waals surface area (Å²) in [5, 5.41) is 5.08. The molecule has 0 radical (unpaired) electrons. The molecular formula is C22H22N6O4S. The van der Waals surface area contributed by atoms with E-state index in [9.17, 15) is 9.59 Å². The Bertz CT molecular complexity index is 1410. The van der Waals surface area contributed by atoms with Crippen LogP contribution >= 0.6 is 11.3 Å². The fraction of sp³-hybridized carbons (Fsp3) is 0.364. The molecule has 1 amide bonds. The van der Waals surface area contributed by atoms with Crippen LogP contribution in [0, 0.1) is 0 Å². The molecule has 10 nitrogen and oxygen atoms in total. The second-order valence-electron chi connectivity index (χ2n) is 8.30. The first-order chi connectivity index (χ1) is 16.1. The molecule has 2 saturated heterocycles. The quantitative estimate of drug-likeness (QED) is 0.443. The molecule has 3 aromatic heterocycles. The third-order valence-electron chi connectivity index (χ3n) is 6.29. The second-order valence-corrected chi connectivity index (χ2v) is 9.42. The number of hydrogen-bond donors (Lipinski definition) is 0. The second kappa shape index (κ2) is 7.85. The summed E-state index contributed by atoms with van der Waals surface area (Å²) in [6.07, 6.45) is 1.21. The number of piperazine rings is 1. The Morgan fingerprint density at radius 1 is 1.18 bits per heavy atom. The molecule has 0 spiro atoms. The molecule has 0 N–H and O–H groups in total. The molecule has 1 aromatic carbocycles. The van der Waals surface area contributed by atoms with Gasteiger partial charge in [-0.1, -0.05) is 12.1 Å². The number of ether oxygens (including phenoxy) is 2. The van der Waals surface area contributed by atoms with Crippen LogP contribution in [0.2, 0.25) is 0 Å². The van der Waals surface area contributed by atoms with Gasteiger partial charge in [0, 0.05) is 31.1 Å². The highest BCUT2D eigenvalue weighted by atomic mass is 32.1. The summed E-state index contributed by atoms with van der Waals surface area (Å²) in [5.74, 6) is 0.774. The average Bonchev–Trinajstić information content (AvgIpc) is 3.56. The topological polar surface area (TPSA) is 94.2 Å². The lowest BCUT2D eigenvalue weighted by Crippen LogP contribution is -2.51. The Hall–Kier alpha value is -3.44. The number of nitrogens with zero attached hydrogens (tertiary/aromatic N) is 6.